The van der Waals surface area contributed by atoms with Crippen LogP contribution in [0.2, 0.25) is 0 Å². The molecule has 0 radical (unpaired) electrons. The van der Waals surface area contributed by atoms with E-state index < -0.39 is 0 Å². The van der Waals surface area contributed by atoms with Gasteiger partial charge >= 0.3 is 0 Å². The van der Waals surface area contributed by atoms with Gasteiger partial charge in [0.1, 0.15) is 10.8 Å². The molecular weight excluding hydrogens is 334 g/mol. The van der Waals surface area contributed by atoms with Crippen LogP contribution < -0.4 is 10.1 Å². The summed E-state index contributed by atoms with van der Waals surface area (Å²) in [5.41, 5.74) is 0.596. The molecule has 5 nitrogen and oxygen atoms in total. The lowest BCUT2D eigenvalue weighted by atomic mass is 10.0. The van der Waals surface area contributed by atoms with E-state index in [0.29, 0.717) is 10.7 Å². The maximum Gasteiger partial charge on any atom is 0.258 e. The molecule has 25 heavy (non-hydrogen) atoms. The number of nitrogens with one attached hydrogen (secondary N) is 1. The predicted octanol–water partition coefficient (Wildman–Crippen LogP) is 4.68. The fraction of sp³-hybridized carbons (Fsp3) is 0.316. The van der Waals surface area contributed by atoms with Gasteiger partial charge in [-0.1, -0.05) is 55.4 Å². The highest BCUT2D eigenvalue weighted by Gasteiger charge is 2.14. The highest BCUT2D eigenvalue weighted by molar-refractivity contribution is 7.15. The number of anilines is 1. The number of hydrogen-bond donors (Lipinski definition) is 1. The number of carbonyl (C=O) groups is 1. The molecule has 0 aliphatic rings. The van der Waals surface area contributed by atoms with Gasteiger partial charge in [0.25, 0.3) is 5.91 Å². The Morgan fingerprint density at radius 3 is 2.68 bits per heavy atom. The van der Waals surface area contributed by atoms with Gasteiger partial charge in [-0.15, -0.1) is 10.2 Å². The third-order valence-electron chi connectivity index (χ3n) is 4.03. The topological polar surface area (TPSA) is 64.1 Å². The maximum absolute atomic E-state index is 12.7. The monoisotopic (exact) mass is 355 g/mol. The number of unbranched alkanes of at least 4 members (excludes halogenated alkanes) is 2. The number of methoxy groups -OCH3 is 1. The molecule has 1 heterocycles. The Kier molecular flexibility index (Phi) is 5.60. The highest BCUT2D eigenvalue weighted by Crippen LogP contribution is 2.29. The molecule has 3 rings (SSSR count). The minimum atomic E-state index is -0.185. The summed E-state index contributed by atoms with van der Waals surface area (Å²) in [4.78, 5) is 12.7. The number of amides is 1. The predicted molar refractivity (Wildman–Crippen MR) is 102 cm³/mol. The van der Waals surface area contributed by atoms with Crippen LogP contribution in [0.1, 0.15) is 41.6 Å². The number of ether oxygens (including phenoxy) is 1. The summed E-state index contributed by atoms with van der Waals surface area (Å²) in [6, 6.07) is 11.3. The Morgan fingerprint density at radius 2 is 1.92 bits per heavy atom. The normalized spacial score (nSPS) is 10.8. The molecule has 0 aliphatic heterocycles. The molecule has 130 valence electrons. The van der Waals surface area contributed by atoms with Crippen LogP contribution in [0, 0.1) is 0 Å². The van der Waals surface area contributed by atoms with E-state index in [1.54, 1.807) is 13.2 Å². The molecule has 0 saturated carbocycles. The van der Waals surface area contributed by atoms with E-state index in [4.69, 9.17) is 4.74 Å². The number of benzene rings is 2. The molecular formula is C19H21N3O2S. The number of rotatable bonds is 7. The standard InChI is InChI=1S/C19H21N3O2S/c1-3-4-5-10-17-21-22-19(25-17)20-18(23)15-11-12-16(24-2)14-9-7-6-8-13(14)15/h6-9,11-12H,3-5,10H2,1-2H3,(H,20,22,23). The van der Waals surface area contributed by atoms with E-state index in [1.807, 2.05) is 30.3 Å². The lowest BCUT2D eigenvalue weighted by molar-refractivity contribution is 0.102. The molecule has 1 amide bonds. The first kappa shape index (κ1) is 17.4. The molecule has 0 atom stereocenters. The van der Waals surface area contributed by atoms with Crippen molar-refractivity contribution in [3.8, 4) is 5.75 Å². The van der Waals surface area contributed by atoms with Gasteiger partial charge < -0.3 is 4.74 Å². The molecule has 0 saturated heterocycles. The summed E-state index contributed by atoms with van der Waals surface area (Å²) in [6.45, 7) is 2.17. The van der Waals surface area contributed by atoms with Crippen LogP contribution in [0.15, 0.2) is 36.4 Å². The van der Waals surface area contributed by atoms with Crippen molar-refractivity contribution >= 4 is 33.1 Å². The summed E-state index contributed by atoms with van der Waals surface area (Å²) in [6.07, 6.45) is 4.36. The Morgan fingerprint density at radius 1 is 1.12 bits per heavy atom. The van der Waals surface area contributed by atoms with Gasteiger partial charge in [0.05, 0.1) is 7.11 Å². The summed E-state index contributed by atoms with van der Waals surface area (Å²) >= 11 is 1.44. The number of hydrogen-bond acceptors (Lipinski definition) is 5. The summed E-state index contributed by atoms with van der Waals surface area (Å²) < 4.78 is 5.38. The van der Waals surface area contributed by atoms with Crippen LogP contribution >= 0.6 is 11.3 Å². The zero-order chi connectivity index (χ0) is 17.6. The van der Waals surface area contributed by atoms with Gasteiger partial charge in [-0.05, 0) is 23.9 Å². The number of aromatic nitrogens is 2. The maximum atomic E-state index is 12.7. The fourth-order valence-corrected chi connectivity index (χ4v) is 3.52. The third kappa shape index (κ3) is 3.96. The van der Waals surface area contributed by atoms with Crippen LogP contribution in [0.5, 0.6) is 5.75 Å². The molecule has 0 bridgehead atoms. The average Bonchev–Trinajstić information content (AvgIpc) is 3.08. The van der Waals surface area contributed by atoms with Gasteiger partial charge in [0, 0.05) is 17.4 Å². The molecule has 0 aliphatic carbocycles. The van der Waals surface area contributed by atoms with Gasteiger partial charge in [-0.25, -0.2) is 0 Å². The molecule has 6 heteroatoms. The van der Waals surface area contributed by atoms with E-state index in [0.717, 1.165) is 34.4 Å². The minimum absolute atomic E-state index is 0.185. The van der Waals surface area contributed by atoms with Crippen molar-refractivity contribution < 1.29 is 9.53 Å². The van der Waals surface area contributed by atoms with Crippen molar-refractivity contribution in [3.63, 3.8) is 0 Å². The Bertz CT molecular complexity index is 876. The van der Waals surface area contributed by atoms with Gasteiger partial charge in [0.2, 0.25) is 5.13 Å². The Hall–Kier alpha value is -2.47. The van der Waals surface area contributed by atoms with E-state index in [-0.39, 0.29) is 5.91 Å². The zero-order valence-corrected chi connectivity index (χ0v) is 15.2. The van der Waals surface area contributed by atoms with Gasteiger partial charge in [0.15, 0.2) is 0 Å². The quantitative estimate of drug-likeness (QED) is 0.625. The number of aryl methyl sites for hydroxylation is 1. The SMILES string of the molecule is CCCCCc1nnc(NC(=O)c2ccc(OC)c3ccccc23)s1. The first-order valence-corrected chi connectivity index (χ1v) is 9.24. The minimum Gasteiger partial charge on any atom is -0.496 e. The van der Waals surface area contributed by atoms with Crippen molar-refractivity contribution in [3.05, 3.63) is 47.0 Å². The molecule has 1 aromatic heterocycles. The van der Waals surface area contributed by atoms with Crippen LogP contribution in [-0.2, 0) is 6.42 Å². The van der Waals surface area contributed by atoms with Crippen LogP contribution in [-0.4, -0.2) is 23.2 Å². The second-order valence-corrected chi connectivity index (χ2v) is 6.84. The molecule has 0 fully saturated rings. The third-order valence-corrected chi connectivity index (χ3v) is 4.93. The molecule has 3 aromatic rings. The van der Waals surface area contributed by atoms with Crippen molar-refractivity contribution in [1.82, 2.24) is 10.2 Å². The Balaban J connectivity index is 1.79. The largest absolute Gasteiger partial charge is 0.496 e. The van der Waals surface area contributed by atoms with Crippen LogP contribution in [0.25, 0.3) is 10.8 Å². The zero-order valence-electron chi connectivity index (χ0n) is 14.4. The fourth-order valence-electron chi connectivity index (χ4n) is 2.74. The van der Waals surface area contributed by atoms with E-state index in [2.05, 4.69) is 22.4 Å². The number of carbonyl (C=O) groups excluding carboxylic acids is 1. The summed E-state index contributed by atoms with van der Waals surface area (Å²) in [7, 11) is 1.63. The highest BCUT2D eigenvalue weighted by atomic mass is 32.1. The number of nitrogens with zero attached hydrogens (tertiary/aromatic N) is 2. The number of fused-ring (bicyclic) bond motifs is 1. The smallest absolute Gasteiger partial charge is 0.258 e. The molecule has 1 N–H and O–H groups in total. The Labute approximate surface area is 151 Å². The van der Waals surface area contributed by atoms with Gasteiger partial charge in [-0.2, -0.15) is 0 Å². The second-order valence-electron chi connectivity index (χ2n) is 5.77. The van der Waals surface area contributed by atoms with Gasteiger partial charge in [-0.3, -0.25) is 10.1 Å². The van der Waals surface area contributed by atoms with E-state index in [9.17, 15) is 4.79 Å². The summed E-state index contributed by atoms with van der Waals surface area (Å²) in [5.74, 6) is 0.566. The van der Waals surface area contributed by atoms with Crippen molar-refractivity contribution in [2.24, 2.45) is 0 Å². The molecule has 0 unspecified atom stereocenters. The van der Waals surface area contributed by atoms with Crippen molar-refractivity contribution in [2.45, 2.75) is 32.6 Å². The second kappa shape index (κ2) is 8.07. The lowest BCUT2D eigenvalue weighted by Crippen LogP contribution is -2.12. The molecule has 2 aromatic carbocycles. The van der Waals surface area contributed by atoms with Crippen LogP contribution in [0.3, 0.4) is 0 Å². The van der Waals surface area contributed by atoms with Crippen LogP contribution in [0.4, 0.5) is 5.13 Å². The van der Waals surface area contributed by atoms with E-state index >= 15 is 0 Å². The lowest BCUT2D eigenvalue weighted by Gasteiger charge is -2.09. The van der Waals surface area contributed by atoms with E-state index in [1.165, 1.54) is 24.2 Å². The summed E-state index contributed by atoms with van der Waals surface area (Å²) in [5, 5.41) is 14.4. The van der Waals surface area contributed by atoms with Crippen molar-refractivity contribution in [2.75, 3.05) is 12.4 Å². The first-order valence-electron chi connectivity index (χ1n) is 8.42. The first-order chi connectivity index (χ1) is 12.2. The molecule has 0 spiro atoms. The van der Waals surface area contributed by atoms with Crippen molar-refractivity contribution in [1.29, 1.82) is 0 Å². The average molecular weight is 355 g/mol.